The Balaban J connectivity index is 1.61. The summed E-state index contributed by atoms with van der Waals surface area (Å²) < 4.78 is 6.05. The highest BCUT2D eigenvalue weighted by Crippen LogP contribution is 2.34. The third-order valence-corrected chi connectivity index (χ3v) is 4.53. The van der Waals surface area contributed by atoms with Gasteiger partial charge >= 0.3 is 0 Å². The highest BCUT2D eigenvalue weighted by atomic mass is 16.3. The van der Waals surface area contributed by atoms with Crippen LogP contribution in [0.3, 0.4) is 0 Å². The number of fused-ring (bicyclic) bond motifs is 2. The van der Waals surface area contributed by atoms with Gasteiger partial charge in [-0.05, 0) is 41.8 Å². The van der Waals surface area contributed by atoms with Crippen LogP contribution in [0, 0.1) is 0 Å². The van der Waals surface area contributed by atoms with Crippen LogP contribution in [0.5, 0.6) is 0 Å². The molecule has 3 aromatic heterocycles. The fourth-order valence-electron chi connectivity index (χ4n) is 3.20. The lowest BCUT2D eigenvalue weighted by Crippen LogP contribution is -1.94. The zero-order valence-electron chi connectivity index (χ0n) is 14.4. The van der Waals surface area contributed by atoms with E-state index in [0.717, 1.165) is 44.4 Å². The maximum Gasteiger partial charge on any atom is 0.137 e. The number of nitrogens with two attached hydrogens (primary N) is 1. The SMILES string of the molecule is Nc1ccc(Nc2ccc3cncc(-c4cc5ccccc5o4)c3c2)cn1. The number of nitrogens with one attached hydrogen (secondary N) is 1. The molecule has 2 aromatic carbocycles. The summed E-state index contributed by atoms with van der Waals surface area (Å²) in [4.78, 5) is 8.50. The Morgan fingerprint density at radius 2 is 1.70 bits per heavy atom. The van der Waals surface area contributed by atoms with E-state index in [9.17, 15) is 0 Å². The Morgan fingerprint density at radius 3 is 2.56 bits per heavy atom. The molecule has 0 saturated carbocycles. The van der Waals surface area contributed by atoms with Gasteiger partial charge in [-0.15, -0.1) is 0 Å². The molecule has 0 aliphatic carbocycles. The Hall–Kier alpha value is -3.86. The summed E-state index contributed by atoms with van der Waals surface area (Å²) in [5.74, 6) is 1.30. The quantitative estimate of drug-likeness (QED) is 0.456. The van der Waals surface area contributed by atoms with Gasteiger partial charge in [0.1, 0.15) is 17.2 Å². The van der Waals surface area contributed by atoms with Crippen LogP contribution in [0.25, 0.3) is 33.1 Å². The second kappa shape index (κ2) is 6.14. The summed E-state index contributed by atoms with van der Waals surface area (Å²) in [6, 6.07) is 19.9. The number of pyridine rings is 2. The van der Waals surface area contributed by atoms with E-state index in [1.54, 1.807) is 12.3 Å². The fraction of sp³-hybridized carbons (Fsp3) is 0. The van der Waals surface area contributed by atoms with Crippen LogP contribution in [0.4, 0.5) is 17.2 Å². The number of nitrogens with zero attached hydrogens (tertiary/aromatic N) is 2. The van der Waals surface area contributed by atoms with E-state index >= 15 is 0 Å². The van der Waals surface area contributed by atoms with Crippen LogP contribution in [0.15, 0.2) is 83.7 Å². The molecule has 0 amide bonds. The molecular weight excluding hydrogens is 336 g/mol. The summed E-state index contributed by atoms with van der Waals surface area (Å²) in [5.41, 5.74) is 9.32. The van der Waals surface area contributed by atoms with Gasteiger partial charge in [0.2, 0.25) is 0 Å². The maximum atomic E-state index is 6.05. The fourth-order valence-corrected chi connectivity index (χ4v) is 3.20. The number of rotatable bonds is 3. The Bertz CT molecular complexity index is 1230. The number of anilines is 3. The Labute approximate surface area is 155 Å². The van der Waals surface area contributed by atoms with E-state index < -0.39 is 0 Å². The molecule has 0 spiro atoms. The molecule has 0 saturated heterocycles. The topological polar surface area (TPSA) is 77.0 Å². The van der Waals surface area contributed by atoms with E-state index in [1.165, 1.54) is 0 Å². The van der Waals surface area contributed by atoms with E-state index in [0.29, 0.717) is 5.82 Å². The normalized spacial score (nSPS) is 11.1. The summed E-state index contributed by atoms with van der Waals surface area (Å²) in [6.45, 7) is 0. The first kappa shape index (κ1) is 15.4. The molecule has 5 rings (SSSR count). The van der Waals surface area contributed by atoms with Crippen LogP contribution in [-0.4, -0.2) is 9.97 Å². The third-order valence-electron chi connectivity index (χ3n) is 4.53. The Morgan fingerprint density at radius 1 is 0.815 bits per heavy atom. The molecule has 5 nitrogen and oxygen atoms in total. The summed E-state index contributed by atoms with van der Waals surface area (Å²) >= 11 is 0. The average Bonchev–Trinajstić information content (AvgIpc) is 3.13. The standard InChI is InChI=1S/C22H16N4O/c23-22-8-7-17(12-25-22)26-16-6-5-15-11-24-13-19(18(15)10-16)21-9-14-3-1-2-4-20(14)27-21/h1-13,26H,(H2,23,25). The van der Waals surface area contributed by atoms with E-state index in [1.807, 2.05) is 54.9 Å². The van der Waals surface area contributed by atoms with Crippen molar-refractivity contribution in [2.45, 2.75) is 0 Å². The first-order valence-electron chi connectivity index (χ1n) is 8.61. The van der Waals surface area contributed by atoms with Crippen molar-refractivity contribution in [2.75, 3.05) is 11.1 Å². The van der Waals surface area contributed by atoms with Gasteiger partial charge in [-0.3, -0.25) is 4.98 Å². The van der Waals surface area contributed by atoms with Crippen LogP contribution in [0.1, 0.15) is 0 Å². The lowest BCUT2D eigenvalue weighted by molar-refractivity contribution is 0.632. The van der Waals surface area contributed by atoms with Crippen LogP contribution in [-0.2, 0) is 0 Å². The first-order valence-corrected chi connectivity index (χ1v) is 8.61. The zero-order valence-corrected chi connectivity index (χ0v) is 14.4. The number of para-hydroxylation sites is 1. The van der Waals surface area contributed by atoms with Crippen LogP contribution in [0.2, 0.25) is 0 Å². The number of hydrogen-bond donors (Lipinski definition) is 2. The Kier molecular flexibility index (Phi) is 3.50. The second-order valence-corrected chi connectivity index (χ2v) is 6.37. The summed E-state index contributed by atoms with van der Waals surface area (Å²) in [5, 5.41) is 6.55. The number of nitrogen functional groups attached to an aromatic ring is 1. The molecule has 0 fully saturated rings. The highest BCUT2D eigenvalue weighted by Gasteiger charge is 2.11. The van der Waals surface area contributed by atoms with E-state index in [2.05, 4.69) is 27.4 Å². The van der Waals surface area contributed by atoms with E-state index in [-0.39, 0.29) is 0 Å². The minimum atomic E-state index is 0.498. The van der Waals surface area contributed by atoms with Gasteiger partial charge in [0.05, 0.1) is 11.9 Å². The lowest BCUT2D eigenvalue weighted by Gasteiger charge is -2.09. The summed E-state index contributed by atoms with van der Waals surface area (Å²) in [6.07, 6.45) is 5.41. The van der Waals surface area contributed by atoms with E-state index in [4.69, 9.17) is 10.2 Å². The first-order chi connectivity index (χ1) is 13.3. The molecule has 0 unspecified atom stereocenters. The minimum Gasteiger partial charge on any atom is -0.456 e. The minimum absolute atomic E-state index is 0.498. The zero-order chi connectivity index (χ0) is 18.2. The van der Waals surface area contributed by atoms with Crippen molar-refractivity contribution in [3.8, 4) is 11.3 Å². The highest BCUT2D eigenvalue weighted by molar-refractivity contribution is 5.98. The van der Waals surface area contributed by atoms with Crippen molar-refractivity contribution in [1.82, 2.24) is 9.97 Å². The molecule has 0 aliphatic rings. The molecular formula is C22H16N4O. The van der Waals surface area contributed by atoms with Gasteiger partial charge in [-0.2, -0.15) is 0 Å². The lowest BCUT2D eigenvalue weighted by atomic mass is 10.0. The number of benzene rings is 2. The molecule has 5 aromatic rings. The van der Waals surface area contributed by atoms with Crippen molar-refractivity contribution in [1.29, 1.82) is 0 Å². The van der Waals surface area contributed by atoms with Crippen molar-refractivity contribution in [3.63, 3.8) is 0 Å². The predicted octanol–water partition coefficient (Wildman–Crippen LogP) is 5.37. The molecule has 5 heteroatoms. The van der Waals surface area contributed by atoms with Crippen molar-refractivity contribution < 1.29 is 4.42 Å². The van der Waals surface area contributed by atoms with Gasteiger partial charge < -0.3 is 15.5 Å². The number of aromatic nitrogens is 2. The van der Waals surface area contributed by atoms with Gasteiger partial charge in [-0.1, -0.05) is 24.3 Å². The summed E-state index contributed by atoms with van der Waals surface area (Å²) in [7, 11) is 0. The molecule has 0 bridgehead atoms. The smallest absolute Gasteiger partial charge is 0.137 e. The molecule has 3 heterocycles. The van der Waals surface area contributed by atoms with Crippen molar-refractivity contribution in [2.24, 2.45) is 0 Å². The predicted molar refractivity (Wildman–Crippen MR) is 109 cm³/mol. The van der Waals surface area contributed by atoms with Gasteiger partial charge in [-0.25, -0.2) is 4.98 Å². The molecule has 27 heavy (non-hydrogen) atoms. The van der Waals surface area contributed by atoms with Crippen molar-refractivity contribution >= 4 is 38.9 Å². The molecule has 3 N–H and O–H groups in total. The van der Waals surface area contributed by atoms with Gasteiger partial charge in [0.25, 0.3) is 0 Å². The van der Waals surface area contributed by atoms with Gasteiger partial charge in [0, 0.05) is 34.4 Å². The molecule has 0 aliphatic heterocycles. The maximum absolute atomic E-state index is 6.05. The van der Waals surface area contributed by atoms with Crippen molar-refractivity contribution in [3.05, 3.63) is 79.3 Å². The third kappa shape index (κ3) is 2.85. The second-order valence-electron chi connectivity index (χ2n) is 6.37. The molecule has 130 valence electrons. The van der Waals surface area contributed by atoms with Gasteiger partial charge in [0.15, 0.2) is 0 Å². The molecule has 0 atom stereocenters. The number of furan rings is 1. The van der Waals surface area contributed by atoms with Crippen LogP contribution < -0.4 is 11.1 Å². The molecule has 0 radical (unpaired) electrons. The van der Waals surface area contributed by atoms with Crippen LogP contribution >= 0.6 is 0 Å². The number of hydrogen-bond acceptors (Lipinski definition) is 5. The monoisotopic (exact) mass is 352 g/mol. The largest absolute Gasteiger partial charge is 0.456 e. The average molecular weight is 352 g/mol.